The monoisotopic (exact) mass is 334 g/mol. The molecule has 0 aliphatic rings. The Labute approximate surface area is 139 Å². The van der Waals surface area contributed by atoms with Crippen molar-refractivity contribution in [1.82, 2.24) is 15.1 Å². The molecule has 1 aromatic heterocycles. The number of hydrogen-bond acceptors (Lipinski definition) is 4. The van der Waals surface area contributed by atoms with Crippen molar-refractivity contribution in [1.29, 1.82) is 0 Å². The number of carbonyl (C=O) groups is 1. The van der Waals surface area contributed by atoms with Gasteiger partial charge in [0.2, 0.25) is 5.91 Å². The third kappa shape index (κ3) is 4.32. The molecule has 1 aromatic carbocycles. The number of nitrogens with one attached hydrogen (secondary N) is 2. The number of anilines is 1. The van der Waals surface area contributed by atoms with Crippen LogP contribution in [0.15, 0.2) is 41.3 Å². The summed E-state index contributed by atoms with van der Waals surface area (Å²) in [5, 5.41) is 9.97. The van der Waals surface area contributed by atoms with E-state index in [1.165, 1.54) is 10.9 Å². The molecule has 2 aromatic rings. The molecular weight excluding hydrogens is 316 g/mol. The average Bonchev–Trinajstić information content (AvgIpc) is 2.55. The van der Waals surface area contributed by atoms with E-state index >= 15 is 0 Å². The lowest BCUT2D eigenvalue weighted by molar-refractivity contribution is -0.123. The Morgan fingerprint density at radius 2 is 1.96 bits per heavy atom. The molecule has 2 N–H and O–H groups in total. The molecule has 0 radical (unpaired) electrons. The smallest absolute Gasteiger partial charge is 0.292 e. The highest BCUT2D eigenvalue weighted by Crippen LogP contribution is 2.16. The van der Waals surface area contributed by atoms with Crippen LogP contribution in [0, 0.1) is 5.92 Å². The van der Waals surface area contributed by atoms with Gasteiger partial charge in [-0.25, -0.2) is 0 Å². The molecule has 1 amide bonds. The van der Waals surface area contributed by atoms with E-state index < -0.39 is 5.56 Å². The van der Waals surface area contributed by atoms with Crippen molar-refractivity contribution in [2.45, 2.75) is 13.8 Å². The highest BCUT2D eigenvalue weighted by Gasteiger charge is 2.10. The highest BCUT2D eigenvalue weighted by atomic mass is 35.5. The predicted octanol–water partition coefficient (Wildman–Crippen LogP) is 2.07. The Bertz CT molecular complexity index is 729. The summed E-state index contributed by atoms with van der Waals surface area (Å²) in [6, 6.07) is 9.05. The second-order valence-corrected chi connectivity index (χ2v) is 5.68. The van der Waals surface area contributed by atoms with Crippen molar-refractivity contribution < 1.29 is 4.79 Å². The van der Waals surface area contributed by atoms with E-state index in [4.69, 9.17) is 11.6 Å². The average molecular weight is 335 g/mol. The molecule has 0 fully saturated rings. The first-order chi connectivity index (χ1) is 11.0. The van der Waals surface area contributed by atoms with Crippen LogP contribution >= 0.6 is 11.6 Å². The van der Waals surface area contributed by atoms with E-state index in [-0.39, 0.29) is 16.8 Å². The number of benzene rings is 1. The van der Waals surface area contributed by atoms with Crippen LogP contribution < -0.4 is 16.2 Å². The van der Waals surface area contributed by atoms with Gasteiger partial charge in [-0.15, -0.1) is 0 Å². The van der Waals surface area contributed by atoms with Gasteiger partial charge in [-0.3, -0.25) is 9.59 Å². The van der Waals surface area contributed by atoms with Crippen LogP contribution in [0.3, 0.4) is 0 Å². The summed E-state index contributed by atoms with van der Waals surface area (Å²) >= 11 is 6.12. The summed E-state index contributed by atoms with van der Waals surface area (Å²) in [5.41, 5.74) is 0.701. The lowest BCUT2D eigenvalue weighted by atomic mass is 10.2. The van der Waals surface area contributed by atoms with Crippen LogP contribution in [-0.4, -0.2) is 28.8 Å². The summed E-state index contributed by atoms with van der Waals surface area (Å²) in [7, 11) is 0. The maximum Gasteiger partial charge on any atom is 0.292 e. The van der Waals surface area contributed by atoms with Gasteiger partial charge in [0, 0.05) is 19.0 Å². The molecule has 2 rings (SSSR count). The fourth-order valence-electron chi connectivity index (χ4n) is 1.90. The van der Waals surface area contributed by atoms with Crippen molar-refractivity contribution in [3.8, 4) is 5.69 Å². The van der Waals surface area contributed by atoms with Gasteiger partial charge in [0.05, 0.1) is 17.6 Å². The van der Waals surface area contributed by atoms with Crippen molar-refractivity contribution in [3.63, 3.8) is 0 Å². The Kier molecular flexibility index (Phi) is 5.76. The lowest BCUT2D eigenvalue weighted by Gasteiger charge is -2.11. The molecule has 23 heavy (non-hydrogen) atoms. The fourth-order valence-corrected chi connectivity index (χ4v) is 2.09. The van der Waals surface area contributed by atoms with Crippen LogP contribution in [-0.2, 0) is 4.79 Å². The molecule has 122 valence electrons. The molecule has 0 unspecified atom stereocenters. The number of hydrogen-bond donors (Lipinski definition) is 2. The van der Waals surface area contributed by atoms with Gasteiger partial charge in [0.25, 0.3) is 5.56 Å². The van der Waals surface area contributed by atoms with Crippen LogP contribution in [0.5, 0.6) is 0 Å². The van der Waals surface area contributed by atoms with E-state index in [1.807, 2.05) is 32.0 Å². The first kappa shape index (κ1) is 17.0. The number of aromatic nitrogens is 2. The number of halogens is 1. The quantitative estimate of drug-likeness (QED) is 0.793. The first-order valence-electron chi connectivity index (χ1n) is 7.35. The fraction of sp³-hybridized carbons (Fsp3) is 0.312. The van der Waals surface area contributed by atoms with Gasteiger partial charge in [0.15, 0.2) is 0 Å². The van der Waals surface area contributed by atoms with Gasteiger partial charge in [-0.1, -0.05) is 43.6 Å². The van der Waals surface area contributed by atoms with Crippen molar-refractivity contribution >= 4 is 23.2 Å². The molecule has 0 spiro atoms. The summed E-state index contributed by atoms with van der Waals surface area (Å²) in [6.45, 7) is 4.54. The van der Waals surface area contributed by atoms with Crippen molar-refractivity contribution in [2.75, 3.05) is 18.4 Å². The number of carbonyl (C=O) groups excluding carboxylic acids is 1. The summed E-state index contributed by atoms with van der Waals surface area (Å²) in [5.74, 6) is -0.0782. The van der Waals surface area contributed by atoms with Crippen LogP contribution in [0.25, 0.3) is 5.69 Å². The molecular formula is C16H19ClN4O2. The number of amides is 1. The maximum atomic E-state index is 12.3. The molecule has 6 nitrogen and oxygen atoms in total. The number of para-hydroxylation sites is 1. The van der Waals surface area contributed by atoms with Gasteiger partial charge < -0.3 is 10.6 Å². The second kappa shape index (κ2) is 7.78. The Hall–Kier alpha value is -2.34. The van der Waals surface area contributed by atoms with Gasteiger partial charge in [0.1, 0.15) is 5.02 Å². The second-order valence-electron chi connectivity index (χ2n) is 5.30. The summed E-state index contributed by atoms with van der Waals surface area (Å²) < 4.78 is 1.24. The van der Waals surface area contributed by atoms with Gasteiger partial charge in [-0.2, -0.15) is 9.78 Å². The molecule has 0 saturated heterocycles. The number of nitrogens with zero attached hydrogens (tertiary/aromatic N) is 2. The zero-order valence-corrected chi connectivity index (χ0v) is 13.8. The minimum absolute atomic E-state index is 0.0180. The third-order valence-corrected chi connectivity index (χ3v) is 3.55. The standard InChI is InChI=1S/C16H19ClN4O2/c1-11(2)15(22)19-9-8-18-13-10-20-21(16(23)14(13)17)12-6-4-3-5-7-12/h3-7,10-11,18H,8-9H2,1-2H3,(H,19,22). The molecule has 0 aliphatic heterocycles. The van der Waals surface area contributed by atoms with Crippen molar-refractivity contribution in [3.05, 3.63) is 51.9 Å². The third-order valence-electron chi connectivity index (χ3n) is 3.18. The molecule has 0 atom stereocenters. The lowest BCUT2D eigenvalue weighted by Crippen LogP contribution is -2.32. The molecule has 0 saturated carbocycles. The predicted molar refractivity (Wildman–Crippen MR) is 91.2 cm³/mol. The van der Waals surface area contributed by atoms with Crippen LogP contribution in [0.1, 0.15) is 13.8 Å². The molecule has 1 heterocycles. The maximum absolute atomic E-state index is 12.3. The highest BCUT2D eigenvalue weighted by molar-refractivity contribution is 6.32. The van der Waals surface area contributed by atoms with Crippen LogP contribution in [0.2, 0.25) is 5.02 Å². The SMILES string of the molecule is CC(C)C(=O)NCCNc1cnn(-c2ccccc2)c(=O)c1Cl. The number of rotatable bonds is 6. The van der Waals surface area contributed by atoms with Crippen molar-refractivity contribution in [2.24, 2.45) is 5.92 Å². The Morgan fingerprint density at radius 1 is 1.26 bits per heavy atom. The van der Waals surface area contributed by atoms with E-state index in [0.717, 1.165) is 0 Å². The normalized spacial score (nSPS) is 10.6. The zero-order valence-electron chi connectivity index (χ0n) is 13.0. The van der Waals surface area contributed by atoms with Gasteiger partial charge in [-0.05, 0) is 12.1 Å². The molecule has 0 bridgehead atoms. The van der Waals surface area contributed by atoms with E-state index in [9.17, 15) is 9.59 Å². The van der Waals surface area contributed by atoms with E-state index in [2.05, 4.69) is 15.7 Å². The Morgan fingerprint density at radius 3 is 2.61 bits per heavy atom. The first-order valence-corrected chi connectivity index (χ1v) is 7.73. The topological polar surface area (TPSA) is 76.0 Å². The Balaban J connectivity index is 2.04. The van der Waals surface area contributed by atoms with E-state index in [0.29, 0.717) is 24.5 Å². The summed E-state index contributed by atoms with van der Waals surface area (Å²) in [6.07, 6.45) is 1.50. The minimum atomic E-state index is -0.394. The molecule has 0 aliphatic carbocycles. The summed E-state index contributed by atoms with van der Waals surface area (Å²) in [4.78, 5) is 23.7. The molecule has 7 heteroatoms. The minimum Gasteiger partial charge on any atom is -0.381 e. The van der Waals surface area contributed by atoms with E-state index in [1.54, 1.807) is 12.1 Å². The van der Waals surface area contributed by atoms with Gasteiger partial charge >= 0.3 is 0 Å². The zero-order chi connectivity index (χ0) is 16.8. The van der Waals surface area contributed by atoms with Crippen LogP contribution in [0.4, 0.5) is 5.69 Å². The largest absolute Gasteiger partial charge is 0.381 e.